The van der Waals surface area contributed by atoms with Crippen LogP contribution in [0.1, 0.15) is 29.0 Å². The first-order valence-electron chi connectivity index (χ1n) is 6.19. The van der Waals surface area contributed by atoms with E-state index in [4.69, 9.17) is 17.3 Å². The number of nitrogens with two attached hydrogens (primary N) is 1. The van der Waals surface area contributed by atoms with Crippen LogP contribution in [0, 0.1) is 6.92 Å². The molecule has 2 heterocycles. The van der Waals surface area contributed by atoms with Crippen LogP contribution >= 0.6 is 34.7 Å². The van der Waals surface area contributed by atoms with Crippen LogP contribution in [0.25, 0.3) is 0 Å². The molecule has 0 aliphatic rings. The molecule has 2 rings (SSSR count). The van der Waals surface area contributed by atoms with Gasteiger partial charge in [-0.3, -0.25) is 0 Å². The summed E-state index contributed by atoms with van der Waals surface area (Å²) in [6, 6.07) is 6.09. The molecule has 0 aromatic carbocycles. The second kappa shape index (κ2) is 6.75. The molecule has 0 aliphatic heterocycles. The number of hydrogen-bond acceptors (Lipinski definition) is 4. The van der Waals surface area contributed by atoms with E-state index in [0.717, 1.165) is 11.4 Å². The largest absolute Gasteiger partial charge is 0.326 e. The summed E-state index contributed by atoms with van der Waals surface area (Å²) in [5.41, 5.74) is 7.59. The third-order valence-electron chi connectivity index (χ3n) is 2.97. The lowest BCUT2D eigenvalue weighted by Gasteiger charge is -2.22. The van der Waals surface area contributed by atoms with Crippen molar-refractivity contribution in [2.75, 3.05) is 0 Å². The van der Waals surface area contributed by atoms with Crippen molar-refractivity contribution < 1.29 is 0 Å². The van der Waals surface area contributed by atoms with Crippen molar-refractivity contribution in [2.24, 2.45) is 5.73 Å². The summed E-state index contributed by atoms with van der Waals surface area (Å²) in [6.07, 6.45) is 2.63. The van der Waals surface area contributed by atoms with Gasteiger partial charge in [0.05, 0.1) is 15.3 Å². The number of aromatic nitrogens is 1. The zero-order valence-corrected chi connectivity index (χ0v) is 13.4. The molecule has 102 valence electrons. The summed E-state index contributed by atoms with van der Waals surface area (Å²) >= 11 is 9.36. The fourth-order valence-electron chi connectivity index (χ4n) is 1.79. The van der Waals surface area contributed by atoms with E-state index in [1.54, 1.807) is 29.3 Å². The van der Waals surface area contributed by atoms with Crippen molar-refractivity contribution in [3.8, 4) is 0 Å². The van der Waals surface area contributed by atoms with Gasteiger partial charge in [-0.05, 0) is 42.5 Å². The Balaban J connectivity index is 2.24. The number of hydrogen-bond donors (Lipinski definition) is 1. The molecule has 0 amide bonds. The van der Waals surface area contributed by atoms with Gasteiger partial charge in [-0.25, -0.2) is 4.98 Å². The standard InChI is InChI=1S/C14H17ClN2S2/c1-3-11(16)14(13-9(2)6-7-18-13)19-12-5-4-10(15)8-17-12/h4-8,11,14H,3,16H2,1-2H3. The van der Waals surface area contributed by atoms with Crippen LogP contribution in [0.3, 0.4) is 0 Å². The van der Waals surface area contributed by atoms with Gasteiger partial charge in [0.15, 0.2) is 0 Å². The van der Waals surface area contributed by atoms with Crippen molar-refractivity contribution in [1.29, 1.82) is 0 Å². The molecule has 2 N–H and O–H groups in total. The van der Waals surface area contributed by atoms with Gasteiger partial charge in [0.25, 0.3) is 0 Å². The lowest BCUT2D eigenvalue weighted by molar-refractivity contribution is 0.637. The maximum atomic E-state index is 6.29. The van der Waals surface area contributed by atoms with E-state index >= 15 is 0 Å². The maximum Gasteiger partial charge on any atom is 0.0967 e. The average Bonchev–Trinajstić information content (AvgIpc) is 2.83. The lowest BCUT2D eigenvalue weighted by Crippen LogP contribution is -2.25. The molecule has 2 nitrogen and oxygen atoms in total. The van der Waals surface area contributed by atoms with E-state index in [2.05, 4.69) is 30.3 Å². The minimum Gasteiger partial charge on any atom is -0.326 e. The van der Waals surface area contributed by atoms with E-state index < -0.39 is 0 Å². The number of rotatable bonds is 5. The average molecular weight is 313 g/mol. The van der Waals surface area contributed by atoms with Crippen molar-refractivity contribution in [2.45, 2.75) is 36.6 Å². The molecule has 5 heteroatoms. The van der Waals surface area contributed by atoms with Gasteiger partial charge < -0.3 is 5.73 Å². The second-order valence-electron chi connectivity index (χ2n) is 4.39. The monoisotopic (exact) mass is 312 g/mol. The van der Waals surface area contributed by atoms with E-state index in [0.29, 0.717) is 5.02 Å². The van der Waals surface area contributed by atoms with Crippen LogP contribution in [-0.2, 0) is 0 Å². The minimum atomic E-state index is 0.125. The Labute approximate surface area is 127 Å². The predicted octanol–water partition coefficient (Wildman–Crippen LogP) is 4.68. The fraction of sp³-hybridized carbons (Fsp3) is 0.357. The first-order valence-corrected chi connectivity index (χ1v) is 8.33. The van der Waals surface area contributed by atoms with E-state index in [9.17, 15) is 0 Å². The van der Waals surface area contributed by atoms with Crippen LogP contribution in [0.4, 0.5) is 0 Å². The molecule has 0 fully saturated rings. The summed E-state index contributed by atoms with van der Waals surface area (Å²) in [7, 11) is 0. The van der Waals surface area contributed by atoms with E-state index in [1.165, 1.54) is 10.4 Å². The number of halogens is 1. The number of thiophene rings is 1. The number of nitrogens with zero attached hydrogens (tertiary/aromatic N) is 1. The normalized spacial score (nSPS) is 14.3. The molecule has 2 atom stereocenters. The van der Waals surface area contributed by atoms with Gasteiger partial charge in [0, 0.05) is 17.1 Å². The van der Waals surface area contributed by atoms with Crippen LogP contribution in [0.5, 0.6) is 0 Å². The SMILES string of the molecule is CCC(N)C(Sc1ccc(Cl)cn1)c1sccc1C. The third kappa shape index (κ3) is 3.72. The molecule has 0 aliphatic carbocycles. The Morgan fingerprint density at radius 3 is 2.74 bits per heavy atom. The van der Waals surface area contributed by atoms with Gasteiger partial charge >= 0.3 is 0 Å². The molecule has 0 spiro atoms. The molecule has 2 aromatic heterocycles. The lowest BCUT2D eigenvalue weighted by atomic mass is 10.1. The zero-order valence-electron chi connectivity index (χ0n) is 11.0. The molecule has 0 bridgehead atoms. The first-order chi connectivity index (χ1) is 9.11. The van der Waals surface area contributed by atoms with Crippen LogP contribution in [0.15, 0.2) is 34.8 Å². The quantitative estimate of drug-likeness (QED) is 0.815. The van der Waals surface area contributed by atoms with Gasteiger partial charge in [-0.1, -0.05) is 30.3 Å². The Kier molecular flexibility index (Phi) is 5.28. The summed E-state index contributed by atoms with van der Waals surface area (Å²) in [5.74, 6) is 0. The van der Waals surface area contributed by atoms with Crippen molar-refractivity contribution in [3.05, 3.63) is 45.2 Å². The second-order valence-corrected chi connectivity index (χ2v) is 6.94. The van der Waals surface area contributed by atoms with Crippen molar-refractivity contribution >= 4 is 34.7 Å². The first kappa shape index (κ1) is 14.9. The summed E-state index contributed by atoms with van der Waals surface area (Å²) in [6.45, 7) is 4.26. The summed E-state index contributed by atoms with van der Waals surface area (Å²) in [4.78, 5) is 5.70. The molecule has 2 aromatic rings. The van der Waals surface area contributed by atoms with Gasteiger partial charge in [0.1, 0.15) is 0 Å². The predicted molar refractivity (Wildman–Crippen MR) is 85.2 cm³/mol. The minimum absolute atomic E-state index is 0.125. The molecule has 0 saturated carbocycles. The zero-order chi connectivity index (χ0) is 13.8. The van der Waals surface area contributed by atoms with Gasteiger partial charge in [-0.2, -0.15) is 0 Å². The van der Waals surface area contributed by atoms with Crippen LogP contribution in [0.2, 0.25) is 5.02 Å². The number of thioether (sulfide) groups is 1. The third-order valence-corrected chi connectivity index (χ3v) is 5.77. The number of pyridine rings is 1. The van der Waals surface area contributed by atoms with E-state index in [1.807, 2.05) is 12.1 Å². The van der Waals surface area contributed by atoms with E-state index in [-0.39, 0.29) is 11.3 Å². The smallest absolute Gasteiger partial charge is 0.0967 e. The molecular weight excluding hydrogens is 296 g/mol. The topological polar surface area (TPSA) is 38.9 Å². The highest BCUT2D eigenvalue weighted by atomic mass is 35.5. The number of aryl methyl sites for hydroxylation is 1. The molecule has 2 unspecified atom stereocenters. The Morgan fingerprint density at radius 2 is 2.21 bits per heavy atom. The van der Waals surface area contributed by atoms with Crippen LogP contribution < -0.4 is 5.73 Å². The summed E-state index contributed by atoms with van der Waals surface area (Å²) in [5, 5.41) is 3.99. The highest BCUT2D eigenvalue weighted by molar-refractivity contribution is 7.99. The Morgan fingerprint density at radius 1 is 1.42 bits per heavy atom. The van der Waals surface area contributed by atoms with Crippen molar-refractivity contribution in [3.63, 3.8) is 0 Å². The Bertz CT molecular complexity index is 524. The highest BCUT2D eigenvalue weighted by Crippen LogP contribution is 2.41. The highest BCUT2D eigenvalue weighted by Gasteiger charge is 2.23. The van der Waals surface area contributed by atoms with Gasteiger partial charge in [0.2, 0.25) is 0 Å². The molecule has 19 heavy (non-hydrogen) atoms. The van der Waals surface area contributed by atoms with Crippen LogP contribution in [-0.4, -0.2) is 11.0 Å². The molecular formula is C14H17ClN2S2. The fourth-order valence-corrected chi connectivity index (χ4v) is 4.37. The van der Waals surface area contributed by atoms with Gasteiger partial charge in [-0.15, -0.1) is 11.3 Å². The summed E-state index contributed by atoms with van der Waals surface area (Å²) < 4.78 is 0. The Hall–Kier alpha value is -0.550. The molecule has 0 saturated heterocycles. The molecule has 0 radical (unpaired) electrons. The van der Waals surface area contributed by atoms with Crippen molar-refractivity contribution in [1.82, 2.24) is 4.98 Å². The maximum absolute atomic E-state index is 6.29.